The summed E-state index contributed by atoms with van der Waals surface area (Å²) in [4.78, 5) is 33.6. The Morgan fingerprint density at radius 2 is 1.86 bits per heavy atom. The average Bonchev–Trinajstić information content (AvgIpc) is 2.43. The molecule has 0 aromatic heterocycles. The molecule has 0 aliphatic rings. The predicted molar refractivity (Wildman–Crippen MR) is 76.0 cm³/mol. The molecule has 0 fully saturated rings. The van der Waals surface area contributed by atoms with Gasteiger partial charge in [-0.05, 0) is 31.5 Å². The van der Waals surface area contributed by atoms with Crippen molar-refractivity contribution in [3.63, 3.8) is 0 Å². The maximum atomic E-state index is 11.5. The number of esters is 1. The summed E-state index contributed by atoms with van der Waals surface area (Å²) in [5.74, 6) is -1.56. The fourth-order valence-corrected chi connectivity index (χ4v) is 1.75. The lowest BCUT2D eigenvalue weighted by Gasteiger charge is -2.15. The van der Waals surface area contributed by atoms with Crippen molar-refractivity contribution in [1.82, 2.24) is 5.32 Å². The molecule has 1 aromatic rings. The van der Waals surface area contributed by atoms with Crippen LogP contribution in [-0.4, -0.2) is 35.5 Å². The lowest BCUT2D eigenvalue weighted by molar-refractivity contribution is -0.145. The lowest BCUT2D eigenvalue weighted by atomic mass is 10.1. The van der Waals surface area contributed by atoms with E-state index in [-0.39, 0.29) is 24.4 Å². The lowest BCUT2D eigenvalue weighted by Crippen LogP contribution is -2.37. The third-order valence-corrected chi connectivity index (χ3v) is 2.92. The Labute approximate surface area is 123 Å². The first-order chi connectivity index (χ1) is 9.93. The zero-order valence-electron chi connectivity index (χ0n) is 12.1. The summed E-state index contributed by atoms with van der Waals surface area (Å²) < 4.78 is 4.82. The van der Waals surface area contributed by atoms with Gasteiger partial charge in [0.1, 0.15) is 5.78 Å². The Morgan fingerprint density at radius 1 is 1.24 bits per heavy atom. The zero-order chi connectivity index (χ0) is 15.8. The van der Waals surface area contributed by atoms with Gasteiger partial charge in [0.15, 0.2) is 0 Å². The number of aromatic carboxylic acids is 1. The average molecular weight is 293 g/mol. The van der Waals surface area contributed by atoms with Gasteiger partial charge in [0.05, 0.1) is 24.6 Å². The van der Waals surface area contributed by atoms with E-state index in [1.807, 2.05) is 0 Å². The molecule has 0 aliphatic carbocycles. The molecule has 0 amide bonds. The monoisotopic (exact) mass is 293 g/mol. The summed E-state index contributed by atoms with van der Waals surface area (Å²) >= 11 is 0. The SMILES string of the molecule is CCOC(=O)CC(NCc1ccc(C(=O)O)cc1)C(C)=O. The number of Topliss-reactive ketones (excluding diaryl/α,β-unsaturated/α-hetero) is 1. The van der Waals surface area contributed by atoms with Crippen molar-refractivity contribution in [3.8, 4) is 0 Å². The van der Waals surface area contributed by atoms with E-state index in [4.69, 9.17) is 9.84 Å². The van der Waals surface area contributed by atoms with E-state index >= 15 is 0 Å². The van der Waals surface area contributed by atoms with Gasteiger partial charge >= 0.3 is 11.9 Å². The maximum Gasteiger partial charge on any atom is 0.335 e. The van der Waals surface area contributed by atoms with E-state index < -0.39 is 18.0 Å². The molecular weight excluding hydrogens is 274 g/mol. The van der Waals surface area contributed by atoms with E-state index in [0.717, 1.165) is 5.56 Å². The number of rotatable bonds is 8. The number of hydrogen-bond donors (Lipinski definition) is 2. The van der Waals surface area contributed by atoms with Crippen LogP contribution in [0.15, 0.2) is 24.3 Å². The highest BCUT2D eigenvalue weighted by molar-refractivity contribution is 5.87. The van der Waals surface area contributed by atoms with Crippen molar-refractivity contribution in [2.45, 2.75) is 32.9 Å². The molecule has 6 heteroatoms. The molecule has 0 radical (unpaired) electrons. The normalized spacial score (nSPS) is 11.7. The van der Waals surface area contributed by atoms with Crippen LogP contribution >= 0.6 is 0 Å². The van der Waals surface area contributed by atoms with Crippen molar-refractivity contribution in [2.24, 2.45) is 0 Å². The summed E-state index contributed by atoms with van der Waals surface area (Å²) in [6.45, 7) is 3.76. The van der Waals surface area contributed by atoms with Crippen LogP contribution < -0.4 is 5.32 Å². The molecule has 6 nitrogen and oxygen atoms in total. The summed E-state index contributed by atoms with van der Waals surface area (Å²) in [7, 11) is 0. The van der Waals surface area contributed by atoms with Crippen molar-refractivity contribution in [1.29, 1.82) is 0 Å². The van der Waals surface area contributed by atoms with E-state index in [9.17, 15) is 14.4 Å². The molecule has 0 saturated carbocycles. The number of ether oxygens (including phenoxy) is 1. The highest BCUT2D eigenvalue weighted by atomic mass is 16.5. The topological polar surface area (TPSA) is 92.7 Å². The fraction of sp³-hybridized carbons (Fsp3) is 0.400. The van der Waals surface area contributed by atoms with Gasteiger partial charge in [0.2, 0.25) is 0 Å². The molecule has 0 aliphatic heterocycles. The third-order valence-electron chi connectivity index (χ3n) is 2.92. The predicted octanol–water partition coefficient (Wildman–Crippen LogP) is 1.39. The maximum absolute atomic E-state index is 11.5. The Kier molecular flexibility index (Phi) is 6.55. The zero-order valence-corrected chi connectivity index (χ0v) is 12.1. The number of nitrogens with one attached hydrogen (secondary N) is 1. The minimum atomic E-state index is -0.988. The summed E-state index contributed by atoms with van der Waals surface area (Å²) in [6.07, 6.45) is -0.0175. The first-order valence-corrected chi connectivity index (χ1v) is 6.65. The molecular formula is C15H19NO5. The van der Waals surface area contributed by atoms with Crippen molar-refractivity contribution < 1.29 is 24.2 Å². The van der Waals surface area contributed by atoms with Crippen LogP contribution in [0.2, 0.25) is 0 Å². The number of carboxylic acids is 1. The summed E-state index contributed by atoms with van der Waals surface area (Å²) in [5, 5.41) is 11.8. The molecule has 114 valence electrons. The van der Waals surface area contributed by atoms with Gasteiger partial charge in [-0.25, -0.2) is 4.79 Å². The molecule has 21 heavy (non-hydrogen) atoms. The number of benzene rings is 1. The molecule has 0 spiro atoms. The van der Waals surface area contributed by atoms with Gasteiger partial charge in [0, 0.05) is 6.54 Å². The highest BCUT2D eigenvalue weighted by Gasteiger charge is 2.18. The second kappa shape index (κ2) is 8.16. The van der Waals surface area contributed by atoms with Crippen molar-refractivity contribution >= 4 is 17.7 Å². The second-order valence-corrected chi connectivity index (χ2v) is 4.56. The van der Waals surface area contributed by atoms with E-state index in [0.29, 0.717) is 6.54 Å². The largest absolute Gasteiger partial charge is 0.478 e. The first kappa shape index (κ1) is 16.8. The minimum absolute atomic E-state index is 0.0175. The molecule has 1 aromatic carbocycles. The number of hydrogen-bond acceptors (Lipinski definition) is 5. The Morgan fingerprint density at radius 3 is 2.33 bits per heavy atom. The van der Waals surface area contributed by atoms with E-state index in [1.54, 1.807) is 19.1 Å². The Bertz CT molecular complexity index is 509. The minimum Gasteiger partial charge on any atom is -0.478 e. The van der Waals surface area contributed by atoms with Crippen LogP contribution in [0.25, 0.3) is 0 Å². The van der Waals surface area contributed by atoms with Gasteiger partial charge in [-0.3, -0.25) is 9.59 Å². The van der Waals surface area contributed by atoms with Gasteiger partial charge < -0.3 is 15.2 Å². The first-order valence-electron chi connectivity index (χ1n) is 6.65. The number of carbonyl (C=O) groups excluding carboxylic acids is 2. The highest BCUT2D eigenvalue weighted by Crippen LogP contribution is 2.06. The van der Waals surface area contributed by atoms with Crippen LogP contribution in [0.5, 0.6) is 0 Å². The van der Waals surface area contributed by atoms with Crippen LogP contribution in [0.1, 0.15) is 36.2 Å². The molecule has 1 rings (SSSR count). The molecule has 1 unspecified atom stereocenters. The van der Waals surface area contributed by atoms with Gasteiger partial charge in [-0.2, -0.15) is 0 Å². The second-order valence-electron chi connectivity index (χ2n) is 4.56. The Balaban J connectivity index is 2.58. The quantitative estimate of drug-likeness (QED) is 0.704. The van der Waals surface area contributed by atoms with Crippen LogP contribution in [0, 0.1) is 0 Å². The molecule has 0 bridgehead atoms. The third kappa shape index (κ3) is 5.74. The molecule has 1 atom stereocenters. The smallest absolute Gasteiger partial charge is 0.335 e. The van der Waals surface area contributed by atoms with E-state index in [2.05, 4.69) is 5.32 Å². The summed E-state index contributed by atoms with van der Waals surface area (Å²) in [5.41, 5.74) is 1.03. The standard InChI is InChI=1S/C15H19NO5/c1-3-21-14(18)8-13(10(2)17)16-9-11-4-6-12(7-5-11)15(19)20/h4-7,13,16H,3,8-9H2,1-2H3,(H,19,20). The Hall–Kier alpha value is -2.21. The summed E-state index contributed by atoms with van der Waals surface area (Å²) in [6, 6.07) is 5.71. The van der Waals surface area contributed by atoms with Crippen LogP contribution in [0.3, 0.4) is 0 Å². The number of carboxylic acid groups (broad SMARTS) is 1. The van der Waals surface area contributed by atoms with E-state index in [1.165, 1.54) is 19.1 Å². The molecule has 0 heterocycles. The van der Waals surface area contributed by atoms with Gasteiger partial charge in [0.25, 0.3) is 0 Å². The molecule has 0 saturated heterocycles. The number of carbonyl (C=O) groups is 3. The van der Waals surface area contributed by atoms with Crippen LogP contribution in [0.4, 0.5) is 0 Å². The van der Waals surface area contributed by atoms with Gasteiger partial charge in [-0.1, -0.05) is 12.1 Å². The van der Waals surface area contributed by atoms with Gasteiger partial charge in [-0.15, -0.1) is 0 Å². The van der Waals surface area contributed by atoms with Crippen LogP contribution in [-0.2, 0) is 20.9 Å². The fourth-order valence-electron chi connectivity index (χ4n) is 1.75. The number of ketones is 1. The van der Waals surface area contributed by atoms with Crippen molar-refractivity contribution in [2.75, 3.05) is 6.61 Å². The van der Waals surface area contributed by atoms with Crippen molar-refractivity contribution in [3.05, 3.63) is 35.4 Å². The molecule has 2 N–H and O–H groups in total.